The zero-order valence-corrected chi connectivity index (χ0v) is 9.33. The highest BCUT2D eigenvalue weighted by molar-refractivity contribution is 6.18. The second-order valence-electron chi connectivity index (χ2n) is 3.61. The fraction of sp³-hybridized carbons (Fsp3) is 1.00. The van der Waals surface area contributed by atoms with Crippen LogP contribution in [0.3, 0.4) is 0 Å². The summed E-state index contributed by atoms with van der Waals surface area (Å²) >= 11 is 5.56. The largest absolute Gasteiger partial charge is 0.401 e. The fourth-order valence-electron chi connectivity index (χ4n) is 1.29. The Kier molecular flexibility index (Phi) is 6.53. The van der Waals surface area contributed by atoms with E-state index in [1.54, 1.807) is 0 Å². The minimum absolute atomic E-state index is 0.102. The maximum Gasteiger partial charge on any atom is 0.401 e. The van der Waals surface area contributed by atoms with Crippen LogP contribution in [0.4, 0.5) is 13.2 Å². The predicted octanol–water partition coefficient (Wildman–Crippen LogP) is 3.14. The Morgan fingerprint density at radius 1 is 1.36 bits per heavy atom. The summed E-state index contributed by atoms with van der Waals surface area (Å²) in [5.74, 6) is 0.503. The van der Waals surface area contributed by atoms with Crippen molar-refractivity contribution in [3.05, 3.63) is 0 Å². The lowest BCUT2D eigenvalue weighted by Gasteiger charge is -2.25. The van der Waals surface area contributed by atoms with Gasteiger partial charge in [-0.25, -0.2) is 0 Å². The van der Waals surface area contributed by atoms with E-state index in [-0.39, 0.29) is 5.92 Å². The first-order chi connectivity index (χ1) is 6.39. The van der Waals surface area contributed by atoms with Crippen LogP contribution in [0.1, 0.15) is 20.3 Å². The fourth-order valence-corrected chi connectivity index (χ4v) is 1.39. The Labute approximate surface area is 88.2 Å². The number of halogens is 4. The number of alkyl halides is 4. The zero-order chi connectivity index (χ0) is 11.2. The molecule has 0 amide bonds. The van der Waals surface area contributed by atoms with E-state index in [1.807, 2.05) is 13.8 Å². The topological polar surface area (TPSA) is 3.24 Å². The van der Waals surface area contributed by atoms with Crippen LogP contribution in [0.2, 0.25) is 0 Å². The van der Waals surface area contributed by atoms with E-state index in [0.717, 1.165) is 6.42 Å². The van der Waals surface area contributed by atoms with Crippen LogP contribution in [0.25, 0.3) is 0 Å². The summed E-state index contributed by atoms with van der Waals surface area (Å²) in [5, 5.41) is 0. The molecule has 0 bridgehead atoms. The first-order valence-corrected chi connectivity index (χ1v) is 5.27. The van der Waals surface area contributed by atoms with Crippen LogP contribution in [-0.2, 0) is 0 Å². The first kappa shape index (κ1) is 14.0. The Morgan fingerprint density at radius 2 is 1.93 bits per heavy atom. The molecule has 0 N–H and O–H groups in total. The van der Waals surface area contributed by atoms with E-state index in [9.17, 15) is 13.2 Å². The van der Waals surface area contributed by atoms with Gasteiger partial charge in [-0.15, -0.1) is 11.6 Å². The highest BCUT2D eigenvalue weighted by Gasteiger charge is 2.30. The lowest BCUT2D eigenvalue weighted by Crippen LogP contribution is -2.37. The smallest absolute Gasteiger partial charge is 0.295 e. The van der Waals surface area contributed by atoms with E-state index in [0.29, 0.717) is 19.0 Å². The van der Waals surface area contributed by atoms with Gasteiger partial charge in [0.1, 0.15) is 0 Å². The number of nitrogens with zero attached hydrogens (tertiary/aromatic N) is 1. The maximum absolute atomic E-state index is 12.1. The lowest BCUT2D eigenvalue weighted by molar-refractivity contribution is -0.146. The molecule has 0 fully saturated rings. The molecule has 0 radical (unpaired) electrons. The van der Waals surface area contributed by atoms with E-state index >= 15 is 0 Å². The number of hydrogen-bond acceptors (Lipinski definition) is 1. The third-order valence-electron chi connectivity index (χ3n) is 1.78. The lowest BCUT2D eigenvalue weighted by atomic mass is 10.2. The highest BCUT2D eigenvalue weighted by Crippen LogP contribution is 2.17. The van der Waals surface area contributed by atoms with Gasteiger partial charge >= 0.3 is 6.18 Å². The summed E-state index contributed by atoms with van der Waals surface area (Å²) in [6.07, 6.45) is -3.38. The molecule has 0 aliphatic carbocycles. The van der Waals surface area contributed by atoms with Gasteiger partial charge in [-0.1, -0.05) is 13.8 Å². The van der Waals surface area contributed by atoms with Crippen LogP contribution < -0.4 is 0 Å². The zero-order valence-electron chi connectivity index (χ0n) is 8.57. The molecule has 0 aliphatic heterocycles. The van der Waals surface area contributed by atoms with Crippen LogP contribution >= 0.6 is 11.6 Å². The monoisotopic (exact) mass is 231 g/mol. The standard InChI is InChI=1S/C9H17ClF3N/c1-3-4-14(6-8(2)5-10)7-9(11,12)13/h8H,3-7H2,1-2H3. The van der Waals surface area contributed by atoms with Crippen molar-refractivity contribution in [1.29, 1.82) is 0 Å². The average Bonchev–Trinajstić information content (AvgIpc) is 2.01. The molecule has 5 heteroatoms. The maximum atomic E-state index is 12.1. The van der Waals surface area contributed by atoms with Gasteiger partial charge in [-0.2, -0.15) is 13.2 Å². The van der Waals surface area contributed by atoms with Gasteiger partial charge < -0.3 is 0 Å². The summed E-state index contributed by atoms with van der Waals surface area (Å²) in [7, 11) is 0. The van der Waals surface area contributed by atoms with E-state index in [2.05, 4.69) is 0 Å². The van der Waals surface area contributed by atoms with Crippen molar-refractivity contribution in [2.75, 3.05) is 25.5 Å². The summed E-state index contributed by atoms with van der Waals surface area (Å²) in [6.45, 7) is 3.78. The second kappa shape index (κ2) is 6.51. The van der Waals surface area contributed by atoms with Crippen LogP contribution in [0.15, 0.2) is 0 Å². The molecule has 1 unspecified atom stereocenters. The molecule has 0 aromatic rings. The molecular formula is C9H17ClF3N. The minimum atomic E-state index is -4.11. The van der Waals surface area contributed by atoms with Crippen molar-refractivity contribution in [2.24, 2.45) is 5.92 Å². The average molecular weight is 232 g/mol. The van der Waals surface area contributed by atoms with E-state index in [1.165, 1.54) is 4.90 Å². The van der Waals surface area contributed by atoms with E-state index < -0.39 is 12.7 Å². The summed E-state index contributed by atoms with van der Waals surface area (Å²) in [4.78, 5) is 1.41. The molecule has 86 valence electrons. The van der Waals surface area contributed by atoms with Gasteiger partial charge in [-0.3, -0.25) is 4.90 Å². The van der Waals surface area contributed by atoms with Crippen molar-refractivity contribution < 1.29 is 13.2 Å². The van der Waals surface area contributed by atoms with Gasteiger partial charge in [0.05, 0.1) is 6.54 Å². The molecule has 1 nitrogen and oxygen atoms in total. The molecule has 0 aliphatic rings. The minimum Gasteiger partial charge on any atom is -0.295 e. The molecule has 1 atom stereocenters. The molecule has 0 spiro atoms. The molecule has 0 aromatic carbocycles. The van der Waals surface area contributed by atoms with Crippen molar-refractivity contribution in [2.45, 2.75) is 26.4 Å². The van der Waals surface area contributed by atoms with Crippen LogP contribution in [-0.4, -0.2) is 36.6 Å². The predicted molar refractivity (Wildman–Crippen MR) is 52.7 cm³/mol. The third-order valence-corrected chi connectivity index (χ3v) is 2.30. The van der Waals surface area contributed by atoms with Gasteiger partial charge in [0, 0.05) is 12.4 Å². The first-order valence-electron chi connectivity index (χ1n) is 4.74. The van der Waals surface area contributed by atoms with Crippen LogP contribution in [0.5, 0.6) is 0 Å². The molecular weight excluding hydrogens is 215 g/mol. The van der Waals surface area contributed by atoms with E-state index in [4.69, 9.17) is 11.6 Å². The van der Waals surface area contributed by atoms with Gasteiger partial charge in [-0.05, 0) is 18.9 Å². The summed E-state index contributed by atoms with van der Waals surface area (Å²) < 4.78 is 36.3. The molecule has 14 heavy (non-hydrogen) atoms. The third kappa shape index (κ3) is 7.44. The van der Waals surface area contributed by atoms with Gasteiger partial charge in [0.2, 0.25) is 0 Å². The Hall–Kier alpha value is 0.0400. The second-order valence-corrected chi connectivity index (χ2v) is 3.92. The van der Waals surface area contributed by atoms with Gasteiger partial charge in [0.15, 0.2) is 0 Å². The molecule has 0 saturated heterocycles. The quantitative estimate of drug-likeness (QED) is 0.635. The Morgan fingerprint density at radius 3 is 2.29 bits per heavy atom. The Bertz CT molecular complexity index is 149. The van der Waals surface area contributed by atoms with Crippen molar-refractivity contribution >= 4 is 11.6 Å². The summed E-state index contributed by atoms with van der Waals surface area (Å²) in [6, 6.07) is 0. The number of rotatable bonds is 6. The number of hydrogen-bond donors (Lipinski definition) is 0. The molecule has 0 heterocycles. The SMILES string of the molecule is CCCN(CC(C)CCl)CC(F)(F)F. The summed E-state index contributed by atoms with van der Waals surface area (Å²) in [5.41, 5.74) is 0. The highest BCUT2D eigenvalue weighted by atomic mass is 35.5. The van der Waals surface area contributed by atoms with Gasteiger partial charge in [0.25, 0.3) is 0 Å². The molecule has 0 saturated carbocycles. The van der Waals surface area contributed by atoms with Crippen molar-refractivity contribution in [1.82, 2.24) is 4.90 Å². The molecule has 0 rings (SSSR count). The van der Waals surface area contributed by atoms with Crippen molar-refractivity contribution in [3.8, 4) is 0 Å². The van der Waals surface area contributed by atoms with Crippen LogP contribution in [0, 0.1) is 5.92 Å². The van der Waals surface area contributed by atoms with Crippen molar-refractivity contribution in [3.63, 3.8) is 0 Å². The molecule has 0 aromatic heterocycles. The normalized spacial score (nSPS) is 14.8. The Balaban J connectivity index is 4.01.